The Morgan fingerprint density at radius 1 is 1.20 bits per heavy atom. The van der Waals surface area contributed by atoms with Crippen molar-refractivity contribution in [3.8, 4) is 11.3 Å². The summed E-state index contributed by atoms with van der Waals surface area (Å²) in [6.07, 6.45) is -6.48. The Labute approximate surface area is 141 Å². The molecule has 0 amide bonds. The summed E-state index contributed by atoms with van der Waals surface area (Å²) < 4.78 is 43.6. The zero-order valence-corrected chi connectivity index (χ0v) is 13.0. The summed E-state index contributed by atoms with van der Waals surface area (Å²) in [5.41, 5.74) is 1.11. The minimum atomic E-state index is -4.51. The molecule has 1 N–H and O–H groups in total. The summed E-state index contributed by atoms with van der Waals surface area (Å²) >= 11 is 0. The molecule has 0 aliphatic carbocycles. The minimum Gasteiger partial charge on any atom is -0.478 e. The molecule has 5 nitrogen and oxygen atoms in total. The number of aromatic nitrogens is 1. The van der Waals surface area contributed by atoms with Crippen LogP contribution in [0.25, 0.3) is 11.3 Å². The van der Waals surface area contributed by atoms with Gasteiger partial charge in [0.25, 0.3) is 0 Å². The van der Waals surface area contributed by atoms with Gasteiger partial charge in [-0.25, -0.2) is 9.78 Å². The van der Waals surface area contributed by atoms with E-state index in [4.69, 9.17) is 4.74 Å². The number of carbonyl (C=O) groups is 1. The third-order valence-electron chi connectivity index (χ3n) is 3.91. The van der Waals surface area contributed by atoms with Crippen molar-refractivity contribution in [3.63, 3.8) is 0 Å². The second-order valence-corrected chi connectivity index (χ2v) is 5.59. The third-order valence-corrected chi connectivity index (χ3v) is 3.91. The molecule has 132 valence electrons. The molecule has 1 fully saturated rings. The Bertz CT molecular complexity index is 765. The van der Waals surface area contributed by atoms with Gasteiger partial charge in [-0.05, 0) is 12.1 Å². The molecule has 2 aromatic rings. The summed E-state index contributed by atoms with van der Waals surface area (Å²) in [4.78, 5) is 17.1. The number of alkyl halides is 3. The quantitative estimate of drug-likeness (QED) is 0.919. The zero-order valence-electron chi connectivity index (χ0n) is 13.0. The minimum absolute atomic E-state index is 0.0198. The number of ether oxygens (including phenoxy) is 1. The first-order valence-corrected chi connectivity index (χ1v) is 7.59. The average molecular weight is 352 g/mol. The smallest absolute Gasteiger partial charge is 0.416 e. The lowest BCUT2D eigenvalue weighted by molar-refractivity contribution is -0.221. The summed E-state index contributed by atoms with van der Waals surface area (Å²) in [5.74, 6) is -1.22. The molecule has 0 spiro atoms. The van der Waals surface area contributed by atoms with E-state index in [1.165, 1.54) is 11.0 Å². The van der Waals surface area contributed by atoms with E-state index in [2.05, 4.69) is 4.98 Å². The lowest BCUT2D eigenvalue weighted by Crippen LogP contribution is -2.49. The number of hydrogen-bond acceptors (Lipinski definition) is 4. The number of benzene rings is 1. The number of aromatic carboxylic acids is 1. The van der Waals surface area contributed by atoms with Gasteiger partial charge in [0, 0.05) is 12.1 Å². The maximum atomic E-state index is 12.9. The molecule has 1 aromatic heterocycles. The van der Waals surface area contributed by atoms with Gasteiger partial charge < -0.3 is 14.7 Å². The monoisotopic (exact) mass is 352 g/mol. The average Bonchev–Trinajstić information content (AvgIpc) is 2.61. The number of pyridine rings is 1. The molecule has 1 atom stereocenters. The van der Waals surface area contributed by atoms with Crippen LogP contribution in [0, 0.1) is 0 Å². The largest absolute Gasteiger partial charge is 0.478 e. The highest BCUT2D eigenvalue weighted by molar-refractivity contribution is 5.94. The highest BCUT2D eigenvalue weighted by Gasteiger charge is 2.44. The molecule has 3 rings (SSSR count). The van der Waals surface area contributed by atoms with Gasteiger partial charge in [-0.3, -0.25) is 0 Å². The van der Waals surface area contributed by atoms with Gasteiger partial charge in [-0.1, -0.05) is 30.3 Å². The molecular weight excluding hydrogens is 337 g/mol. The third kappa shape index (κ3) is 3.74. The van der Waals surface area contributed by atoms with E-state index < -0.39 is 24.8 Å². The number of halogens is 3. The topological polar surface area (TPSA) is 62.7 Å². The standard InChI is InChI=1S/C17H15F3N2O3/c18-17(19,20)14-10-22(8-9-25-14)15-12(16(23)24)6-7-13(21-15)11-4-2-1-3-5-11/h1-7,14H,8-10H2,(H,23,24)/t14-/m0/s1. The van der Waals surface area contributed by atoms with Gasteiger partial charge in [0.2, 0.25) is 0 Å². The van der Waals surface area contributed by atoms with Gasteiger partial charge in [0.15, 0.2) is 6.10 Å². The Kier molecular flexibility index (Phi) is 4.63. The Hall–Kier alpha value is -2.61. The summed E-state index contributed by atoms with van der Waals surface area (Å²) in [6.45, 7) is -0.506. The van der Waals surface area contributed by atoms with Gasteiger partial charge in [-0.15, -0.1) is 0 Å². The molecule has 1 saturated heterocycles. The predicted octanol–water partition coefficient (Wildman–Crippen LogP) is 3.21. The van der Waals surface area contributed by atoms with Crippen LogP contribution in [0.15, 0.2) is 42.5 Å². The van der Waals surface area contributed by atoms with E-state index >= 15 is 0 Å². The number of rotatable bonds is 3. The Morgan fingerprint density at radius 2 is 1.92 bits per heavy atom. The maximum Gasteiger partial charge on any atom is 0.416 e. The lowest BCUT2D eigenvalue weighted by atomic mass is 10.1. The van der Waals surface area contributed by atoms with Crippen molar-refractivity contribution in [2.24, 2.45) is 0 Å². The van der Waals surface area contributed by atoms with E-state index in [0.29, 0.717) is 5.69 Å². The van der Waals surface area contributed by atoms with Crippen LogP contribution in [0.2, 0.25) is 0 Å². The normalized spacial score (nSPS) is 18.2. The van der Waals surface area contributed by atoms with Gasteiger partial charge in [-0.2, -0.15) is 13.2 Å². The zero-order chi connectivity index (χ0) is 18.0. The molecule has 1 aliphatic rings. The Balaban J connectivity index is 1.99. The molecule has 1 aromatic carbocycles. The van der Waals surface area contributed by atoms with Crippen LogP contribution in [0.1, 0.15) is 10.4 Å². The first-order valence-electron chi connectivity index (χ1n) is 7.59. The van der Waals surface area contributed by atoms with Crippen LogP contribution >= 0.6 is 0 Å². The number of anilines is 1. The van der Waals surface area contributed by atoms with Crippen molar-refractivity contribution in [1.82, 2.24) is 4.98 Å². The van der Waals surface area contributed by atoms with Crippen LogP contribution in [-0.2, 0) is 4.74 Å². The van der Waals surface area contributed by atoms with Crippen molar-refractivity contribution >= 4 is 11.8 Å². The van der Waals surface area contributed by atoms with Crippen LogP contribution < -0.4 is 4.90 Å². The first-order chi connectivity index (χ1) is 11.9. The summed E-state index contributed by atoms with van der Waals surface area (Å²) in [6, 6.07) is 11.9. The van der Waals surface area contributed by atoms with Crippen molar-refractivity contribution in [2.75, 3.05) is 24.6 Å². The molecule has 0 saturated carbocycles. The van der Waals surface area contributed by atoms with Gasteiger partial charge in [0.05, 0.1) is 18.8 Å². The molecule has 1 aliphatic heterocycles. The lowest BCUT2D eigenvalue weighted by Gasteiger charge is -2.35. The number of hydrogen-bond donors (Lipinski definition) is 1. The SMILES string of the molecule is O=C(O)c1ccc(-c2ccccc2)nc1N1CCO[C@H](C(F)(F)F)C1. The maximum absolute atomic E-state index is 12.9. The molecular formula is C17H15F3N2O3. The molecule has 0 radical (unpaired) electrons. The molecule has 25 heavy (non-hydrogen) atoms. The predicted molar refractivity (Wildman–Crippen MR) is 84.6 cm³/mol. The first kappa shape index (κ1) is 17.2. The van der Waals surface area contributed by atoms with Crippen molar-refractivity contribution < 1.29 is 27.8 Å². The van der Waals surface area contributed by atoms with Crippen LogP contribution in [0.4, 0.5) is 19.0 Å². The fourth-order valence-electron chi connectivity index (χ4n) is 2.67. The van der Waals surface area contributed by atoms with E-state index in [9.17, 15) is 23.1 Å². The second-order valence-electron chi connectivity index (χ2n) is 5.59. The number of carboxylic acids is 1. The number of nitrogens with zero attached hydrogens (tertiary/aromatic N) is 2. The molecule has 0 unspecified atom stereocenters. The fourth-order valence-corrected chi connectivity index (χ4v) is 2.67. The van der Waals surface area contributed by atoms with E-state index in [-0.39, 0.29) is 24.5 Å². The van der Waals surface area contributed by atoms with E-state index in [1.54, 1.807) is 30.3 Å². The fraction of sp³-hybridized carbons (Fsp3) is 0.294. The summed E-state index contributed by atoms with van der Waals surface area (Å²) in [7, 11) is 0. The van der Waals surface area contributed by atoms with Crippen molar-refractivity contribution in [1.29, 1.82) is 0 Å². The van der Waals surface area contributed by atoms with Gasteiger partial charge in [0.1, 0.15) is 11.4 Å². The summed E-state index contributed by atoms with van der Waals surface area (Å²) in [5, 5.41) is 9.36. The van der Waals surface area contributed by atoms with Crippen LogP contribution in [-0.4, -0.2) is 48.0 Å². The van der Waals surface area contributed by atoms with E-state index in [0.717, 1.165) is 5.56 Å². The second kappa shape index (κ2) is 6.72. The van der Waals surface area contributed by atoms with Crippen molar-refractivity contribution in [3.05, 3.63) is 48.0 Å². The number of carboxylic acid groups (broad SMARTS) is 1. The number of morpholine rings is 1. The van der Waals surface area contributed by atoms with Crippen LogP contribution in [0.3, 0.4) is 0 Å². The highest BCUT2D eigenvalue weighted by atomic mass is 19.4. The highest BCUT2D eigenvalue weighted by Crippen LogP contribution is 2.30. The van der Waals surface area contributed by atoms with Gasteiger partial charge >= 0.3 is 12.1 Å². The van der Waals surface area contributed by atoms with Crippen LogP contribution in [0.5, 0.6) is 0 Å². The van der Waals surface area contributed by atoms with E-state index in [1.807, 2.05) is 6.07 Å². The Morgan fingerprint density at radius 3 is 2.56 bits per heavy atom. The molecule has 2 heterocycles. The molecule has 0 bridgehead atoms. The molecule has 8 heteroatoms. The van der Waals surface area contributed by atoms with Crippen molar-refractivity contribution in [2.45, 2.75) is 12.3 Å².